The molecule has 2 aromatic heterocycles. The molecule has 0 unspecified atom stereocenters. The second-order valence-electron chi connectivity index (χ2n) is 5.03. The Hall–Kier alpha value is -2.96. The summed E-state index contributed by atoms with van der Waals surface area (Å²) in [5.74, 6) is -0.187. The van der Waals surface area contributed by atoms with E-state index in [9.17, 15) is 4.79 Å². The first-order valence-electron chi connectivity index (χ1n) is 6.93. The quantitative estimate of drug-likeness (QED) is 0.768. The highest BCUT2D eigenvalue weighted by Gasteiger charge is 2.17. The van der Waals surface area contributed by atoms with Gasteiger partial charge in [0.1, 0.15) is 5.69 Å². The maximum absolute atomic E-state index is 12.2. The van der Waals surface area contributed by atoms with Crippen molar-refractivity contribution in [2.45, 2.75) is 19.9 Å². The second kappa shape index (κ2) is 5.80. The van der Waals surface area contributed by atoms with Gasteiger partial charge in [-0.1, -0.05) is 23.4 Å². The largest absolute Gasteiger partial charge is 0.344 e. The van der Waals surface area contributed by atoms with Crippen molar-refractivity contribution >= 4 is 5.91 Å². The van der Waals surface area contributed by atoms with Crippen molar-refractivity contribution in [2.24, 2.45) is 0 Å². The van der Waals surface area contributed by atoms with Crippen molar-refractivity contribution in [3.63, 3.8) is 0 Å². The number of H-pyrrole nitrogens is 1. The number of aromatic nitrogens is 5. The maximum Gasteiger partial charge on any atom is 0.255 e. The van der Waals surface area contributed by atoms with Crippen molar-refractivity contribution in [3.05, 3.63) is 59.7 Å². The first-order valence-corrected chi connectivity index (χ1v) is 6.93. The molecule has 0 bridgehead atoms. The van der Waals surface area contributed by atoms with Crippen molar-refractivity contribution in [2.75, 3.05) is 0 Å². The van der Waals surface area contributed by atoms with Gasteiger partial charge >= 0.3 is 0 Å². The van der Waals surface area contributed by atoms with Crippen LogP contribution in [0.4, 0.5) is 0 Å². The SMILES string of the molecule is Cc1[nH]ncc1C(=O)N[C@H](C)c1cn(-c2ccccc2)nn1. The van der Waals surface area contributed by atoms with E-state index in [0.29, 0.717) is 11.3 Å². The molecule has 0 radical (unpaired) electrons. The average molecular weight is 296 g/mol. The van der Waals surface area contributed by atoms with Crippen LogP contribution in [-0.2, 0) is 0 Å². The number of carbonyl (C=O) groups excluding carboxylic acids is 1. The molecule has 7 heteroatoms. The number of benzene rings is 1. The molecular weight excluding hydrogens is 280 g/mol. The number of amides is 1. The number of nitrogens with zero attached hydrogens (tertiary/aromatic N) is 4. The Kier molecular flexibility index (Phi) is 3.69. The van der Waals surface area contributed by atoms with E-state index in [1.54, 1.807) is 11.6 Å². The van der Waals surface area contributed by atoms with Gasteiger partial charge in [-0.15, -0.1) is 5.10 Å². The Labute approximate surface area is 127 Å². The Bertz CT molecular complexity index is 776. The van der Waals surface area contributed by atoms with Crippen LogP contribution < -0.4 is 5.32 Å². The van der Waals surface area contributed by atoms with E-state index in [4.69, 9.17) is 0 Å². The molecule has 0 aliphatic heterocycles. The van der Waals surface area contributed by atoms with Gasteiger partial charge in [0, 0.05) is 5.69 Å². The van der Waals surface area contributed by atoms with Crippen LogP contribution in [0.1, 0.15) is 34.7 Å². The molecule has 3 rings (SSSR count). The van der Waals surface area contributed by atoms with Crippen LogP contribution in [0.25, 0.3) is 5.69 Å². The zero-order chi connectivity index (χ0) is 15.5. The summed E-state index contributed by atoms with van der Waals surface area (Å²) in [5.41, 5.74) is 2.88. The lowest BCUT2D eigenvalue weighted by Gasteiger charge is -2.10. The molecule has 0 spiro atoms. The summed E-state index contributed by atoms with van der Waals surface area (Å²) in [6.45, 7) is 3.67. The number of hydrogen-bond acceptors (Lipinski definition) is 4. The van der Waals surface area contributed by atoms with Crippen molar-refractivity contribution < 1.29 is 4.79 Å². The van der Waals surface area contributed by atoms with E-state index in [1.165, 1.54) is 6.20 Å². The Morgan fingerprint density at radius 1 is 1.32 bits per heavy atom. The topological polar surface area (TPSA) is 88.5 Å². The van der Waals surface area contributed by atoms with Gasteiger partial charge in [-0.2, -0.15) is 5.10 Å². The molecule has 22 heavy (non-hydrogen) atoms. The lowest BCUT2D eigenvalue weighted by molar-refractivity contribution is 0.0938. The normalized spacial score (nSPS) is 12.1. The minimum absolute atomic E-state index is 0.187. The second-order valence-corrected chi connectivity index (χ2v) is 5.03. The maximum atomic E-state index is 12.2. The summed E-state index contributed by atoms with van der Waals surface area (Å²) < 4.78 is 1.68. The third kappa shape index (κ3) is 2.73. The number of nitrogens with one attached hydrogen (secondary N) is 2. The van der Waals surface area contributed by atoms with Crippen LogP contribution in [0.15, 0.2) is 42.7 Å². The first-order chi connectivity index (χ1) is 10.6. The lowest BCUT2D eigenvalue weighted by atomic mass is 10.2. The summed E-state index contributed by atoms with van der Waals surface area (Å²) in [4.78, 5) is 12.2. The van der Waals surface area contributed by atoms with Crippen molar-refractivity contribution in [1.29, 1.82) is 0 Å². The van der Waals surface area contributed by atoms with Crippen LogP contribution in [0.2, 0.25) is 0 Å². The molecule has 3 aromatic rings. The number of carbonyl (C=O) groups is 1. The molecule has 7 nitrogen and oxygen atoms in total. The predicted molar refractivity (Wildman–Crippen MR) is 80.6 cm³/mol. The van der Waals surface area contributed by atoms with Crippen LogP contribution in [-0.4, -0.2) is 31.1 Å². The van der Waals surface area contributed by atoms with Crippen LogP contribution >= 0.6 is 0 Å². The summed E-state index contributed by atoms with van der Waals surface area (Å²) in [6.07, 6.45) is 3.32. The molecule has 0 saturated carbocycles. The number of para-hydroxylation sites is 1. The molecule has 0 aliphatic carbocycles. The Balaban J connectivity index is 1.73. The number of hydrogen-bond donors (Lipinski definition) is 2. The summed E-state index contributed by atoms with van der Waals surface area (Å²) in [6, 6.07) is 9.44. The highest BCUT2D eigenvalue weighted by atomic mass is 16.1. The lowest BCUT2D eigenvalue weighted by Crippen LogP contribution is -2.27. The van der Waals surface area contributed by atoms with E-state index in [0.717, 1.165) is 11.4 Å². The minimum Gasteiger partial charge on any atom is -0.344 e. The van der Waals surface area contributed by atoms with E-state index >= 15 is 0 Å². The standard InChI is InChI=1S/C15H16N6O/c1-10-13(8-16-18-10)15(22)17-11(2)14-9-21(20-19-14)12-6-4-3-5-7-12/h3-9,11H,1-2H3,(H,16,18)(H,17,22)/t11-/m1/s1. The van der Waals surface area contributed by atoms with Gasteiger partial charge in [-0.25, -0.2) is 4.68 Å². The molecule has 0 aliphatic rings. The molecule has 1 atom stereocenters. The molecule has 0 fully saturated rings. The monoisotopic (exact) mass is 296 g/mol. The smallest absolute Gasteiger partial charge is 0.255 e. The Morgan fingerprint density at radius 3 is 2.77 bits per heavy atom. The zero-order valence-electron chi connectivity index (χ0n) is 12.3. The highest BCUT2D eigenvalue weighted by molar-refractivity contribution is 5.95. The molecule has 2 N–H and O–H groups in total. The van der Waals surface area contributed by atoms with E-state index in [-0.39, 0.29) is 11.9 Å². The molecular formula is C15H16N6O. The van der Waals surface area contributed by atoms with Gasteiger partial charge in [0.25, 0.3) is 5.91 Å². The van der Waals surface area contributed by atoms with Gasteiger partial charge in [0.15, 0.2) is 0 Å². The average Bonchev–Trinajstić information content (AvgIpc) is 3.17. The van der Waals surface area contributed by atoms with Gasteiger partial charge < -0.3 is 5.32 Å². The zero-order valence-corrected chi connectivity index (χ0v) is 12.3. The van der Waals surface area contributed by atoms with Crippen molar-refractivity contribution in [3.8, 4) is 5.69 Å². The fourth-order valence-corrected chi connectivity index (χ4v) is 2.11. The number of rotatable bonds is 4. The van der Waals surface area contributed by atoms with Crippen LogP contribution in [0, 0.1) is 6.92 Å². The predicted octanol–water partition coefficient (Wildman–Crippen LogP) is 1.79. The molecule has 1 aromatic carbocycles. The third-order valence-corrected chi connectivity index (χ3v) is 3.40. The van der Waals surface area contributed by atoms with Crippen LogP contribution in [0.5, 0.6) is 0 Å². The highest BCUT2D eigenvalue weighted by Crippen LogP contribution is 2.13. The number of aromatic amines is 1. The molecule has 112 valence electrons. The van der Waals surface area contributed by atoms with E-state index < -0.39 is 0 Å². The molecule has 1 amide bonds. The first kappa shape index (κ1) is 14.0. The third-order valence-electron chi connectivity index (χ3n) is 3.40. The fraction of sp³-hybridized carbons (Fsp3) is 0.200. The Morgan fingerprint density at radius 2 is 2.09 bits per heavy atom. The van der Waals surface area contributed by atoms with Crippen LogP contribution in [0.3, 0.4) is 0 Å². The van der Waals surface area contributed by atoms with Crippen molar-refractivity contribution in [1.82, 2.24) is 30.5 Å². The van der Waals surface area contributed by atoms with Gasteiger partial charge in [-0.05, 0) is 26.0 Å². The fourth-order valence-electron chi connectivity index (χ4n) is 2.11. The molecule has 0 saturated heterocycles. The van der Waals surface area contributed by atoms with E-state index in [2.05, 4.69) is 25.8 Å². The van der Waals surface area contributed by atoms with Gasteiger partial charge in [0.05, 0.1) is 29.7 Å². The summed E-state index contributed by atoms with van der Waals surface area (Å²) >= 11 is 0. The van der Waals surface area contributed by atoms with E-state index in [1.807, 2.05) is 43.5 Å². The molecule has 2 heterocycles. The van der Waals surface area contributed by atoms with Gasteiger partial charge in [0.2, 0.25) is 0 Å². The number of aryl methyl sites for hydroxylation is 1. The van der Waals surface area contributed by atoms with Gasteiger partial charge in [-0.3, -0.25) is 9.89 Å². The summed E-state index contributed by atoms with van der Waals surface area (Å²) in [7, 11) is 0. The summed E-state index contributed by atoms with van der Waals surface area (Å²) in [5, 5.41) is 17.7. The minimum atomic E-state index is -0.251.